The van der Waals surface area contributed by atoms with Crippen LogP contribution in [0.4, 0.5) is 11.4 Å². The molecule has 0 spiro atoms. The monoisotopic (exact) mass is 305 g/mol. The first-order valence-electron chi connectivity index (χ1n) is 6.30. The molecule has 21 heavy (non-hydrogen) atoms. The zero-order chi connectivity index (χ0) is 15.4. The lowest BCUT2D eigenvalue weighted by molar-refractivity contribution is 0.102. The van der Waals surface area contributed by atoms with Crippen molar-refractivity contribution in [3.63, 3.8) is 0 Å². The second-order valence-corrected chi connectivity index (χ2v) is 5.01. The average Bonchev–Trinajstić information content (AvgIpc) is 2.46. The van der Waals surface area contributed by atoms with Gasteiger partial charge in [-0.3, -0.25) is 4.79 Å². The van der Waals surface area contributed by atoms with E-state index < -0.39 is 0 Å². The van der Waals surface area contributed by atoms with Gasteiger partial charge in [0.2, 0.25) is 5.88 Å². The van der Waals surface area contributed by atoms with E-state index >= 15 is 0 Å². The molecule has 0 atom stereocenters. The molecule has 0 unspecified atom stereocenters. The summed E-state index contributed by atoms with van der Waals surface area (Å²) in [6, 6.07) is 10.6. The topological polar surface area (TPSA) is 54.5 Å². The van der Waals surface area contributed by atoms with Gasteiger partial charge in [0.05, 0.1) is 7.11 Å². The minimum Gasteiger partial charge on any atom is -0.481 e. The van der Waals surface area contributed by atoms with Crippen molar-refractivity contribution in [2.24, 2.45) is 0 Å². The summed E-state index contributed by atoms with van der Waals surface area (Å²) in [7, 11) is 5.35. The predicted octanol–water partition coefficient (Wildman–Crippen LogP) is 3.06. The van der Waals surface area contributed by atoms with Gasteiger partial charge in [0, 0.05) is 37.1 Å². The number of aromatic nitrogens is 1. The lowest BCUT2D eigenvalue weighted by Gasteiger charge is -2.14. The molecule has 0 saturated carbocycles. The Bertz CT molecular complexity index is 659. The molecular formula is C15H16ClN3O2. The second-order valence-electron chi connectivity index (χ2n) is 4.62. The Kier molecular flexibility index (Phi) is 4.65. The Balaban J connectivity index is 2.21. The van der Waals surface area contributed by atoms with Crippen LogP contribution in [0.3, 0.4) is 0 Å². The lowest BCUT2D eigenvalue weighted by Crippen LogP contribution is -2.13. The smallest absolute Gasteiger partial charge is 0.255 e. The normalized spacial score (nSPS) is 10.1. The predicted molar refractivity (Wildman–Crippen MR) is 84.5 cm³/mol. The van der Waals surface area contributed by atoms with E-state index in [-0.39, 0.29) is 11.1 Å². The van der Waals surface area contributed by atoms with E-state index in [0.29, 0.717) is 17.1 Å². The highest BCUT2D eigenvalue weighted by Crippen LogP contribution is 2.20. The van der Waals surface area contributed by atoms with Crippen molar-refractivity contribution in [2.45, 2.75) is 0 Å². The number of carbonyl (C=O) groups is 1. The Morgan fingerprint density at radius 1 is 1.29 bits per heavy atom. The van der Waals surface area contributed by atoms with Gasteiger partial charge in [0.1, 0.15) is 5.15 Å². The fourth-order valence-electron chi connectivity index (χ4n) is 1.77. The van der Waals surface area contributed by atoms with Gasteiger partial charge in [0.25, 0.3) is 5.91 Å². The molecular weight excluding hydrogens is 290 g/mol. The number of amides is 1. The van der Waals surface area contributed by atoms with Gasteiger partial charge in [-0.1, -0.05) is 17.7 Å². The number of halogens is 1. The molecule has 110 valence electrons. The molecule has 0 bridgehead atoms. The molecule has 0 saturated heterocycles. The van der Waals surface area contributed by atoms with Crippen LogP contribution in [-0.2, 0) is 0 Å². The number of nitrogens with one attached hydrogen (secondary N) is 1. The number of anilines is 2. The molecule has 0 aliphatic carbocycles. The summed E-state index contributed by atoms with van der Waals surface area (Å²) in [5.74, 6) is 0.0307. The van der Waals surface area contributed by atoms with Crippen molar-refractivity contribution in [3.8, 4) is 5.88 Å². The fourth-order valence-corrected chi connectivity index (χ4v) is 1.97. The van der Waals surface area contributed by atoms with Crippen molar-refractivity contribution in [3.05, 3.63) is 47.1 Å². The summed E-state index contributed by atoms with van der Waals surface area (Å²) >= 11 is 5.86. The van der Waals surface area contributed by atoms with E-state index in [0.717, 1.165) is 5.69 Å². The van der Waals surface area contributed by atoms with Crippen molar-refractivity contribution in [1.82, 2.24) is 4.98 Å². The molecule has 1 aromatic carbocycles. The highest BCUT2D eigenvalue weighted by atomic mass is 35.5. The summed E-state index contributed by atoms with van der Waals surface area (Å²) in [4.78, 5) is 18.1. The number of hydrogen-bond donors (Lipinski definition) is 1. The van der Waals surface area contributed by atoms with E-state index in [4.69, 9.17) is 16.3 Å². The minimum absolute atomic E-state index is 0.210. The number of methoxy groups -OCH3 is 1. The Morgan fingerprint density at radius 3 is 2.71 bits per heavy atom. The molecule has 0 aliphatic heterocycles. The van der Waals surface area contributed by atoms with E-state index in [2.05, 4.69) is 10.3 Å². The molecule has 2 aromatic rings. The maximum atomic E-state index is 12.2. The molecule has 1 amide bonds. The van der Waals surface area contributed by atoms with Gasteiger partial charge in [-0.2, -0.15) is 0 Å². The van der Waals surface area contributed by atoms with Crippen LogP contribution >= 0.6 is 11.6 Å². The summed E-state index contributed by atoms with van der Waals surface area (Å²) in [6.07, 6.45) is 0. The van der Waals surface area contributed by atoms with Crippen LogP contribution in [-0.4, -0.2) is 32.1 Å². The zero-order valence-corrected chi connectivity index (χ0v) is 12.8. The second kappa shape index (κ2) is 6.45. The SMILES string of the molecule is COc1cc(C(=O)Nc2cccc(N(C)C)c2)cc(Cl)n1. The fraction of sp³-hybridized carbons (Fsp3) is 0.200. The molecule has 1 N–H and O–H groups in total. The van der Waals surface area contributed by atoms with Crippen molar-refractivity contribution in [2.75, 3.05) is 31.4 Å². The third-order valence-electron chi connectivity index (χ3n) is 2.86. The maximum absolute atomic E-state index is 12.2. The van der Waals surface area contributed by atoms with Gasteiger partial charge in [0.15, 0.2) is 0 Å². The number of nitrogens with zero attached hydrogens (tertiary/aromatic N) is 2. The number of pyridine rings is 1. The van der Waals surface area contributed by atoms with Gasteiger partial charge in [-0.05, 0) is 24.3 Å². The molecule has 6 heteroatoms. The largest absolute Gasteiger partial charge is 0.481 e. The minimum atomic E-state index is -0.270. The standard InChI is InChI=1S/C15H16ClN3O2/c1-19(2)12-6-4-5-11(9-12)17-15(20)10-7-13(16)18-14(8-10)21-3/h4-9H,1-3H3,(H,17,20). The third kappa shape index (κ3) is 3.86. The average molecular weight is 306 g/mol. The zero-order valence-electron chi connectivity index (χ0n) is 12.1. The lowest BCUT2D eigenvalue weighted by atomic mass is 10.2. The Hall–Kier alpha value is -2.27. The van der Waals surface area contributed by atoms with Gasteiger partial charge in [-0.25, -0.2) is 4.98 Å². The van der Waals surface area contributed by atoms with Crippen LogP contribution < -0.4 is 15.0 Å². The van der Waals surface area contributed by atoms with E-state index in [1.807, 2.05) is 43.3 Å². The highest BCUT2D eigenvalue weighted by Gasteiger charge is 2.10. The number of ether oxygens (including phenoxy) is 1. The number of benzene rings is 1. The quantitative estimate of drug-likeness (QED) is 0.882. The maximum Gasteiger partial charge on any atom is 0.255 e. The molecule has 0 radical (unpaired) electrons. The highest BCUT2D eigenvalue weighted by molar-refractivity contribution is 6.30. The first-order valence-corrected chi connectivity index (χ1v) is 6.67. The van der Waals surface area contributed by atoms with Gasteiger partial charge >= 0.3 is 0 Å². The summed E-state index contributed by atoms with van der Waals surface area (Å²) < 4.78 is 5.00. The van der Waals surface area contributed by atoms with Crippen LogP contribution in [0, 0.1) is 0 Å². The molecule has 0 aliphatic rings. The summed E-state index contributed by atoms with van der Waals surface area (Å²) in [5, 5.41) is 3.03. The molecule has 5 nitrogen and oxygen atoms in total. The van der Waals surface area contributed by atoms with Crippen LogP contribution in [0.15, 0.2) is 36.4 Å². The third-order valence-corrected chi connectivity index (χ3v) is 3.06. The van der Waals surface area contributed by atoms with Gasteiger partial charge < -0.3 is 15.0 Å². The number of hydrogen-bond acceptors (Lipinski definition) is 4. The van der Waals surface area contributed by atoms with E-state index in [9.17, 15) is 4.79 Å². The first-order chi connectivity index (χ1) is 9.99. The Morgan fingerprint density at radius 2 is 2.05 bits per heavy atom. The van der Waals surface area contributed by atoms with Crippen LogP contribution in [0.5, 0.6) is 5.88 Å². The molecule has 1 aromatic heterocycles. The number of carbonyl (C=O) groups excluding carboxylic acids is 1. The van der Waals surface area contributed by atoms with E-state index in [1.165, 1.54) is 19.2 Å². The summed E-state index contributed by atoms with van der Waals surface area (Å²) in [6.45, 7) is 0. The first kappa shape index (κ1) is 15.1. The molecule has 2 rings (SSSR count). The van der Waals surface area contributed by atoms with Crippen LogP contribution in [0.1, 0.15) is 10.4 Å². The summed E-state index contributed by atoms with van der Waals surface area (Å²) in [5.41, 5.74) is 2.10. The van der Waals surface area contributed by atoms with Crippen LogP contribution in [0.2, 0.25) is 5.15 Å². The molecule has 0 fully saturated rings. The number of rotatable bonds is 4. The van der Waals surface area contributed by atoms with Crippen molar-refractivity contribution >= 4 is 28.9 Å². The van der Waals surface area contributed by atoms with E-state index in [1.54, 1.807) is 0 Å². The van der Waals surface area contributed by atoms with Gasteiger partial charge in [-0.15, -0.1) is 0 Å². The molecule has 1 heterocycles. The Labute approximate surface area is 128 Å². The van der Waals surface area contributed by atoms with Crippen LogP contribution in [0.25, 0.3) is 0 Å². The van der Waals surface area contributed by atoms with Crippen molar-refractivity contribution in [1.29, 1.82) is 0 Å². The van der Waals surface area contributed by atoms with Crippen molar-refractivity contribution < 1.29 is 9.53 Å².